The highest BCUT2D eigenvalue weighted by Gasteiger charge is 2.21. The molecule has 1 amide bonds. The number of nitrogens with zero attached hydrogens (tertiary/aromatic N) is 3. The summed E-state index contributed by atoms with van der Waals surface area (Å²) in [5, 5.41) is 4.19. The Morgan fingerprint density at radius 1 is 1.45 bits per heavy atom. The number of hydrogen-bond acceptors (Lipinski definition) is 4. The van der Waals surface area contributed by atoms with E-state index in [1.165, 1.54) is 4.90 Å². The lowest BCUT2D eigenvalue weighted by Crippen LogP contribution is -2.27. The number of methoxy groups -OCH3 is 1. The van der Waals surface area contributed by atoms with Crippen molar-refractivity contribution in [3.63, 3.8) is 0 Å². The van der Waals surface area contributed by atoms with E-state index in [4.69, 9.17) is 10.5 Å². The predicted octanol–water partition coefficient (Wildman–Crippen LogP) is 1.77. The first kappa shape index (κ1) is 13.9. The van der Waals surface area contributed by atoms with Crippen LogP contribution in [0.15, 0.2) is 30.5 Å². The van der Waals surface area contributed by atoms with Gasteiger partial charge in [-0.3, -0.25) is 9.48 Å². The zero-order valence-electron chi connectivity index (χ0n) is 11.8. The molecular weight excluding hydrogens is 256 g/mol. The molecule has 0 atom stereocenters. The van der Waals surface area contributed by atoms with Crippen LogP contribution in [0.1, 0.15) is 17.4 Å². The number of nitrogens with two attached hydrogens (primary N) is 1. The highest BCUT2D eigenvalue weighted by molar-refractivity contribution is 6.08. The lowest BCUT2D eigenvalue weighted by Gasteiger charge is -2.19. The van der Waals surface area contributed by atoms with Crippen LogP contribution in [0.2, 0.25) is 0 Å². The second-order valence-corrected chi connectivity index (χ2v) is 4.32. The molecule has 1 aromatic heterocycles. The zero-order chi connectivity index (χ0) is 14.7. The van der Waals surface area contributed by atoms with Gasteiger partial charge < -0.3 is 15.4 Å². The molecule has 0 radical (unpaired) electrons. The van der Waals surface area contributed by atoms with E-state index in [2.05, 4.69) is 5.10 Å². The Balaban J connectivity index is 2.34. The normalized spacial score (nSPS) is 10.3. The Labute approximate surface area is 117 Å². The molecule has 1 heterocycles. The smallest absolute Gasteiger partial charge is 0.280 e. The molecule has 0 fully saturated rings. The predicted molar refractivity (Wildman–Crippen MR) is 78.0 cm³/mol. The Morgan fingerprint density at radius 2 is 2.15 bits per heavy atom. The summed E-state index contributed by atoms with van der Waals surface area (Å²) in [6, 6.07) is 7.30. The molecule has 0 bridgehead atoms. The van der Waals surface area contributed by atoms with Crippen LogP contribution >= 0.6 is 0 Å². The standard InChI is InChI=1S/C14H18N4O2/c1-4-18-9-10(15)13(16-18)14(19)17(2)11-7-5-6-8-12(11)20-3/h5-9H,4,15H2,1-3H3. The molecule has 1 aromatic carbocycles. The molecule has 0 unspecified atom stereocenters. The van der Waals surface area contributed by atoms with Gasteiger partial charge in [0.1, 0.15) is 5.75 Å². The highest BCUT2D eigenvalue weighted by Crippen LogP contribution is 2.28. The minimum atomic E-state index is -0.265. The van der Waals surface area contributed by atoms with Gasteiger partial charge in [0.2, 0.25) is 0 Å². The summed E-state index contributed by atoms with van der Waals surface area (Å²) < 4.78 is 6.90. The lowest BCUT2D eigenvalue weighted by molar-refractivity contribution is 0.0987. The van der Waals surface area contributed by atoms with Crippen LogP contribution in [0, 0.1) is 0 Å². The maximum Gasteiger partial charge on any atom is 0.280 e. The van der Waals surface area contributed by atoms with Gasteiger partial charge in [0.15, 0.2) is 5.69 Å². The van der Waals surface area contributed by atoms with E-state index < -0.39 is 0 Å². The first-order valence-corrected chi connectivity index (χ1v) is 6.32. The van der Waals surface area contributed by atoms with Crippen molar-refractivity contribution < 1.29 is 9.53 Å². The monoisotopic (exact) mass is 274 g/mol. The fourth-order valence-electron chi connectivity index (χ4n) is 1.94. The minimum Gasteiger partial charge on any atom is -0.495 e. The Hall–Kier alpha value is -2.50. The van der Waals surface area contributed by atoms with Gasteiger partial charge >= 0.3 is 0 Å². The van der Waals surface area contributed by atoms with Crippen molar-refractivity contribution in [2.24, 2.45) is 0 Å². The molecule has 0 saturated heterocycles. The molecule has 0 aliphatic carbocycles. The van der Waals surface area contributed by atoms with Crippen molar-refractivity contribution in [1.82, 2.24) is 9.78 Å². The van der Waals surface area contributed by atoms with E-state index in [1.54, 1.807) is 31.1 Å². The van der Waals surface area contributed by atoms with Crippen molar-refractivity contribution in [3.05, 3.63) is 36.2 Å². The summed E-state index contributed by atoms with van der Waals surface area (Å²) in [5.74, 6) is 0.357. The largest absolute Gasteiger partial charge is 0.495 e. The first-order valence-electron chi connectivity index (χ1n) is 6.32. The number of anilines is 2. The highest BCUT2D eigenvalue weighted by atomic mass is 16.5. The molecule has 20 heavy (non-hydrogen) atoms. The summed E-state index contributed by atoms with van der Waals surface area (Å²) in [5.41, 5.74) is 7.14. The Bertz CT molecular complexity index is 621. The third kappa shape index (κ3) is 2.45. The molecular formula is C14H18N4O2. The molecule has 0 aliphatic heterocycles. The number of rotatable bonds is 4. The van der Waals surface area contributed by atoms with E-state index in [-0.39, 0.29) is 11.6 Å². The molecule has 2 aromatic rings. The van der Waals surface area contributed by atoms with Crippen LogP contribution in [-0.4, -0.2) is 29.8 Å². The van der Waals surface area contributed by atoms with E-state index >= 15 is 0 Å². The van der Waals surface area contributed by atoms with Crippen LogP contribution in [0.4, 0.5) is 11.4 Å². The average Bonchev–Trinajstić information content (AvgIpc) is 2.86. The van der Waals surface area contributed by atoms with Crippen LogP contribution in [0.3, 0.4) is 0 Å². The molecule has 6 heteroatoms. The van der Waals surface area contributed by atoms with Crippen LogP contribution < -0.4 is 15.4 Å². The van der Waals surface area contributed by atoms with E-state index in [1.807, 2.05) is 25.1 Å². The number of nitrogen functional groups attached to an aromatic ring is 1. The van der Waals surface area contributed by atoms with Gasteiger partial charge in [-0.2, -0.15) is 5.10 Å². The van der Waals surface area contributed by atoms with E-state index in [0.717, 1.165) is 0 Å². The van der Waals surface area contributed by atoms with Gasteiger partial charge in [0.05, 0.1) is 18.5 Å². The van der Waals surface area contributed by atoms with Gasteiger partial charge in [-0.15, -0.1) is 0 Å². The second kappa shape index (κ2) is 5.64. The number of carbonyl (C=O) groups is 1. The van der Waals surface area contributed by atoms with Gasteiger partial charge in [0, 0.05) is 19.8 Å². The van der Waals surface area contributed by atoms with Gasteiger partial charge in [-0.25, -0.2) is 0 Å². The van der Waals surface area contributed by atoms with E-state index in [0.29, 0.717) is 23.7 Å². The summed E-state index contributed by atoms with van der Waals surface area (Å²) in [7, 11) is 3.24. The fourth-order valence-corrected chi connectivity index (χ4v) is 1.94. The first-order chi connectivity index (χ1) is 9.58. The topological polar surface area (TPSA) is 73.4 Å². The molecule has 106 valence electrons. The third-order valence-electron chi connectivity index (χ3n) is 3.07. The quantitative estimate of drug-likeness (QED) is 0.922. The number of para-hydroxylation sites is 2. The van der Waals surface area contributed by atoms with Crippen LogP contribution in [-0.2, 0) is 6.54 Å². The van der Waals surface area contributed by atoms with Crippen LogP contribution in [0.25, 0.3) is 0 Å². The van der Waals surface area contributed by atoms with Crippen molar-refractivity contribution >= 4 is 17.3 Å². The van der Waals surface area contributed by atoms with Crippen molar-refractivity contribution in [3.8, 4) is 5.75 Å². The van der Waals surface area contributed by atoms with Crippen molar-refractivity contribution in [2.75, 3.05) is 24.8 Å². The molecule has 6 nitrogen and oxygen atoms in total. The van der Waals surface area contributed by atoms with E-state index in [9.17, 15) is 4.79 Å². The van der Waals surface area contributed by atoms with Gasteiger partial charge in [0.25, 0.3) is 5.91 Å². The summed E-state index contributed by atoms with van der Waals surface area (Å²) >= 11 is 0. The number of carbonyl (C=O) groups excluding carboxylic acids is 1. The SMILES string of the molecule is CCn1cc(N)c(C(=O)N(C)c2ccccc2OC)n1. The minimum absolute atomic E-state index is 0.250. The molecule has 2 rings (SSSR count). The summed E-state index contributed by atoms with van der Waals surface area (Å²) in [6.07, 6.45) is 1.66. The molecule has 0 saturated carbocycles. The van der Waals surface area contributed by atoms with Gasteiger partial charge in [-0.1, -0.05) is 12.1 Å². The van der Waals surface area contributed by atoms with Crippen molar-refractivity contribution in [1.29, 1.82) is 0 Å². The number of amides is 1. The maximum atomic E-state index is 12.5. The van der Waals surface area contributed by atoms with Crippen molar-refractivity contribution in [2.45, 2.75) is 13.5 Å². The van der Waals surface area contributed by atoms with Gasteiger partial charge in [-0.05, 0) is 19.1 Å². The number of hydrogen-bond donors (Lipinski definition) is 1. The molecule has 0 spiro atoms. The average molecular weight is 274 g/mol. The molecule has 2 N–H and O–H groups in total. The zero-order valence-corrected chi connectivity index (χ0v) is 11.8. The maximum absolute atomic E-state index is 12.5. The van der Waals surface area contributed by atoms with Crippen LogP contribution in [0.5, 0.6) is 5.75 Å². The third-order valence-corrected chi connectivity index (χ3v) is 3.07. The summed E-state index contributed by atoms with van der Waals surface area (Å²) in [4.78, 5) is 14.0. The summed E-state index contributed by atoms with van der Waals surface area (Å²) in [6.45, 7) is 2.60. The number of aromatic nitrogens is 2. The number of benzene rings is 1. The Kier molecular flexibility index (Phi) is 3.93. The fraction of sp³-hybridized carbons (Fsp3) is 0.286. The Morgan fingerprint density at radius 3 is 2.75 bits per heavy atom. The number of ether oxygens (including phenoxy) is 1. The lowest BCUT2D eigenvalue weighted by atomic mass is 10.2. The second-order valence-electron chi connectivity index (χ2n) is 4.32. The number of aryl methyl sites for hydroxylation is 1. The molecule has 0 aliphatic rings.